The molecule has 0 fully saturated rings. The third kappa shape index (κ3) is 4.28. The highest BCUT2D eigenvalue weighted by molar-refractivity contribution is 4.93. The zero-order valence-corrected chi connectivity index (χ0v) is 10.5. The third-order valence-corrected chi connectivity index (χ3v) is 2.34. The van der Waals surface area contributed by atoms with Crippen LogP contribution >= 0.6 is 0 Å². The molecule has 0 bridgehead atoms. The van der Waals surface area contributed by atoms with Crippen molar-refractivity contribution in [2.45, 2.75) is 45.7 Å². The number of aromatic nitrogens is 3. The first-order chi connectivity index (χ1) is 7.54. The molecule has 0 radical (unpaired) electrons. The number of nitrogens with zero attached hydrogens (tertiary/aromatic N) is 3. The molecular formula is C11H23N5. The third-order valence-electron chi connectivity index (χ3n) is 2.34. The van der Waals surface area contributed by atoms with Gasteiger partial charge in [-0.1, -0.05) is 5.21 Å². The van der Waals surface area contributed by atoms with Gasteiger partial charge in [0.25, 0.3) is 0 Å². The van der Waals surface area contributed by atoms with Crippen molar-refractivity contribution in [1.29, 1.82) is 0 Å². The quantitative estimate of drug-likeness (QED) is 0.705. The van der Waals surface area contributed by atoms with Gasteiger partial charge < -0.3 is 11.1 Å². The topological polar surface area (TPSA) is 68.8 Å². The van der Waals surface area contributed by atoms with Gasteiger partial charge in [-0.05, 0) is 46.7 Å². The molecule has 0 spiro atoms. The predicted octanol–water partition coefficient (Wildman–Crippen LogP) is 0.862. The average molecular weight is 225 g/mol. The molecular weight excluding hydrogens is 202 g/mol. The molecule has 0 aromatic carbocycles. The van der Waals surface area contributed by atoms with Crippen LogP contribution in [0.15, 0.2) is 6.20 Å². The first-order valence-corrected chi connectivity index (χ1v) is 5.86. The molecule has 0 aliphatic carbocycles. The van der Waals surface area contributed by atoms with Crippen molar-refractivity contribution >= 4 is 0 Å². The zero-order valence-electron chi connectivity index (χ0n) is 10.5. The molecule has 16 heavy (non-hydrogen) atoms. The predicted molar refractivity (Wildman–Crippen MR) is 65.0 cm³/mol. The molecule has 0 aliphatic heterocycles. The van der Waals surface area contributed by atoms with Gasteiger partial charge in [-0.3, -0.25) is 0 Å². The lowest BCUT2D eigenvalue weighted by atomic mass is 10.1. The van der Waals surface area contributed by atoms with E-state index in [1.165, 1.54) is 0 Å². The second kappa shape index (κ2) is 5.96. The first-order valence-electron chi connectivity index (χ1n) is 5.86. The maximum absolute atomic E-state index is 5.42. The van der Waals surface area contributed by atoms with Crippen molar-refractivity contribution in [2.75, 3.05) is 13.1 Å². The fourth-order valence-electron chi connectivity index (χ4n) is 1.32. The minimum Gasteiger partial charge on any atom is -0.330 e. The molecule has 0 amide bonds. The van der Waals surface area contributed by atoms with Gasteiger partial charge in [0.15, 0.2) is 0 Å². The fourth-order valence-corrected chi connectivity index (χ4v) is 1.32. The van der Waals surface area contributed by atoms with Crippen LogP contribution in [0.25, 0.3) is 0 Å². The Morgan fingerprint density at radius 2 is 2.12 bits per heavy atom. The summed E-state index contributed by atoms with van der Waals surface area (Å²) in [6.07, 6.45) is 4.18. The van der Waals surface area contributed by atoms with Gasteiger partial charge in [0.1, 0.15) is 0 Å². The number of hydrogen-bond donors (Lipinski definition) is 2. The van der Waals surface area contributed by atoms with E-state index in [-0.39, 0.29) is 5.54 Å². The Labute approximate surface area is 97.4 Å². The lowest BCUT2D eigenvalue weighted by Crippen LogP contribution is -2.22. The monoisotopic (exact) mass is 225 g/mol. The minimum atomic E-state index is 0.00476. The molecule has 0 aliphatic rings. The molecule has 1 rings (SSSR count). The first kappa shape index (κ1) is 13.1. The summed E-state index contributed by atoms with van der Waals surface area (Å²) in [5, 5.41) is 11.6. The Morgan fingerprint density at radius 3 is 2.69 bits per heavy atom. The highest BCUT2D eigenvalue weighted by atomic mass is 15.4. The van der Waals surface area contributed by atoms with Crippen molar-refractivity contribution in [3.8, 4) is 0 Å². The molecule has 0 atom stereocenters. The van der Waals surface area contributed by atoms with Crippen LogP contribution in [-0.2, 0) is 12.1 Å². The smallest absolute Gasteiger partial charge is 0.0965 e. The highest BCUT2D eigenvalue weighted by Gasteiger charge is 2.14. The van der Waals surface area contributed by atoms with E-state index in [1.54, 1.807) is 0 Å². The maximum atomic E-state index is 5.42. The normalized spacial score (nSPS) is 12.0. The highest BCUT2D eigenvalue weighted by Crippen LogP contribution is 2.11. The zero-order chi connectivity index (χ0) is 12.0. The summed E-state index contributed by atoms with van der Waals surface area (Å²) in [7, 11) is 0. The fraction of sp³-hybridized carbons (Fsp3) is 0.818. The van der Waals surface area contributed by atoms with Crippen LogP contribution in [0.4, 0.5) is 0 Å². The van der Waals surface area contributed by atoms with Crippen LogP contribution in [0.3, 0.4) is 0 Å². The number of nitrogens with two attached hydrogens (primary N) is 1. The number of nitrogens with one attached hydrogen (secondary N) is 1. The molecule has 1 heterocycles. The van der Waals surface area contributed by atoms with Crippen molar-refractivity contribution < 1.29 is 0 Å². The minimum absolute atomic E-state index is 0.00476. The van der Waals surface area contributed by atoms with Crippen molar-refractivity contribution in [3.05, 3.63) is 11.9 Å². The Hall–Kier alpha value is -0.940. The van der Waals surface area contributed by atoms with Gasteiger partial charge >= 0.3 is 0 Å². The van der Waals surface area contributed by atoms with Gasteiger partial charge in [0.2, 0.25) is 0 Å². The largest absolute Gasteiger partial charge is 0.330 e. The van der Waals surface area contributed by atoms with Crippen LogP contribution in [0.1, 0.15) is 39.3 Å². The van der Waals surface area contributed by atoms with Crippen LogP contribution < -0.4 is 11.1 Å². The van der Waals surface area contributed by atoms with Crippen LogP contribution in [0.2, 0.25) is 0 Å². The molecule has 3 N–H and O–H groups in total. The molecule has 5 nitrogen and oxygen atoms in total. The Balaban J connectivity index is 2.30. The lowest BCUT2D eigenvalue weighted by molar-refractivity contribution is 0.347. The van der Waals surface area contributed by atoms with Crippen molar-refractivity contribution in [3.63, 3.8) is 0 Å². The van der Waals surface area contributed by atoms with Crippen LogP contribution in [0, 0.1) is 0 Å². The van der Waals surface area contributed by atoms with Crippen LogP contribution in [0.5, 0.6) is 0 Å². The van der Waals surface area contributed by atoms with Crippen LogP contribution in [-0.4, -0.2) is 28.1 Å². The van der Waals surface area contributed by atoms with E-state index in [9.17, 15) is 0 Å². The SMILES string of the molecule is CC(C)(C)n1cc(CNCCCCN)nn1. The van der Waals surface area contributed by atoms with E-state index in [0.717, 1.165) is 38.2 Å². The van der Waals surface area contributed by atoms with Gasteiger partial charge in [-0.2, -0.15) is 0 Å². The molecule has 92 valence electrons. The van der Waals surface area contributed by atoms with Gasteiger partial charge in [-0.15, -0.1) is 5.10 Å². The Kier molecular flexibility index (Phi) is 4.89. The van der Waals surface area contributed by atoms with E-state index in [4.69, 9.17) is 5.73 Å². The van der Waals surface area contributed by atoms with E-state index in [1.807, 2.05) is 10.9 Å². The second-order valence-electron chi connectivity index (χ2n) is 5.00. The molecule has 0 saturated carbocycles. The van der Waals surface area contributed by atoms with E-state index < -0.39 is 0 Å². The second-order valence-corrected chi connectivity index (χ2v) is 5.00. The van der Waals surface area contributed by atoms with Gasteiger partial charge in [0, 0.05) is 6.54 Å². The summed E-state index contributed by atoms with van der Waals surface area (Å²) in [5.41, 5.74) is 6.41. The molecule has 1 aromatic heterocycles. The lowest BCUT2D eigenvalue weighted by Gasteiger charge is -2.17. The molecule has 5 heteroatoms. The standard InChI is InChI=1S/C11H23N5/c1-11(2,3)16-9-10(14-15-16)8-13-7-5-4-6-12/h9,13H,4-8,12H2,1-3H3. The van der Waals surface area contributed by atoms with Gasteiger partial charge in [0.05, 0.1) is 17.4 Å². The summed E-state index contributed by atoms with van der Waals surface area (Å²) in [5.74, 6) is 0. The van der Waals surface area contributed by atoms with E-state index in [2.05, 4.69) is 36.4 Å². The average Bonchev–Trinajstić information content (AvgIpc) is 2.65. The summed E-state index contributed by atoms with van der Waals surface area (Å²) < 4.78 is 1.89. The maximum Gasteiger partial charge on any atom is 0.0965 e. The van der Waals surface area contributed by atoms with Gasteiger partial charge in [-0.25, -0.2) is 4.68 Å². The van der Waals surface area contributed by atoms with E-state index >= 15 is 0 Å². The molecule has 1 aromatic rings. The van der Waals surface area contributed by atoms with Crippen molar-refractivity contribution in [2.24, 2.45) is 5.73 Å². The number of hydrogen-bond acceptors (Lipinski definition) is 4. The summed E-state index contributed by atoms with van der Waals surface area (Å²) in [6.45, 7) is 8.86. The summed E-state index contributed by atoms with van der Waals surface area (Å²) in [6, 6.07) is 0. The Bertz CT molecular complexity index is 300. The molecule has 0 unspecified atom stereocenters. The Morgan fingerprint density at radius 1 is 1.38 bits per heavy atom. The number of rotatable bonds is 6. The summed E-state index contributed by atoms with van der Waals surface area (Å²) >= 11 is 0. The number of unbranched alkanes of at least 4 members (excludes halogenated alkanes) is 1. The molecule has 0 saturated heterocycles. The van der Waals surface area contributed by atoms with E-state index in [0.29, 0.717) is 0 Å². The summed E-state index contributed by atoms with van der Waals surface area (Å²) in [4.78, 5) is 0. The van der Waals surface area contributed by atoms with Crippen molar-refractivity contribution in [1.82, 2.24) is 20.3 Å².